The number of benzene rings is 1. The molecule has 88 valence electrons. The maximum absolute atomic E-state index is 9.33. The van der Waals surface area contributed by atoms with Crippen molar-refractivity contribution in [2.45, 2.75) is 46.0 Å². The Kier molecular flexibility index (Phi) is 2.96. The first-order valence-corrected chi connectivity index (χ1v) is 6.28. The highest BCUT2D eigenvalue weighted by Gasteiger charge is 2.35. The predicted octanol–water partition coefficient (Wildman–Crippen LogP) is 4.32. The molecule has 0 radical (unpaired) electrons. The molecule has 1 aromatic rings. The van der Waals surface area contributed by atoms with Crippen LogP contribution in [0.25, 0.3) is 0 Å². The lowest BCUT2D eigenvalue weighted by molar-refractivity contribution is 0.154. The van der Waals surface area contributed by atoms with E-state index >= 15 is 0 Å². The van der Waals surface area contributed by atoms with Gasteiger partial charge in [0.2, 0.25) is 0 Å². The molecule has 0 amide bonds. The van der Waals surface area contributed by atoms with E-state index in [2.05, 4.69) is 32.9 Å². The smallest absolute Gasteiger partial charge is 0.115 e. The van der Waals surface area contributed by atoms with Crippen LogP contribution in [0.15, 0.2) is 24.3 Å². The molecule has 1 aliphatic rings. The zero-order valence-electron chi connectivity index (χ0n) is 10.5. The van der Waals surface area contributed by atoms with Gasteiger partial charge in [-0.3, -0.25) is 0 Å². The van der Waals surface area contributed by atoms with Crippen molar-refractivity contribution in [3.8, 4) is 5.75 Å². The Hall–Kier alpha value is -0.980. The molecule has 1 aliphatic carbocycles. The first kappa shape index (κ1) is 11.5. The van der Waals surface area contributed by atoms with Gasteiger partial charge in [0.25, 0.3) is 0 Å². The fraction of sp³-hybridized carbons (Fsp3) is 0.600. The summed E-state index contributed by atoms with van der Waals surface area (Å²) >= 11 is 0. The van der Waals surface area contributed by atoms with E-state index in [0.29, 0.717) is 17.1 Å². The molecule has 0 saturated heterocycles. The molecule has 1 fully saturated rings. The van der Waals surface area contributed by atoms with E-state index in [9.17, 15) is 5.11 Å². The number of hydrogen-bond donors (Lipinski definition) is 1. The highest BCUT2D eigenvalue weighted by atomic mass is 16.3. The van der Waals surface area contributed by atoms with Gasteiger partial charge >= 0.3 is 0 Å². The molecule has 0 heterocycles. The minimum absolute atomic E-state index is 0.366. The zero-order chi connectivity index (χ0) is 11.8. The first-order chi connectivity index (χ1) is 7.49. The average molecular weight is 218 g/mol. The molecule has 1 saturated carbocycles. The Morgan fingerprint density at radius 3 is 2.31 bits per heavy atom. The van der Waals surface area contributed by atoms with Crippen molar-refractivity contribution in [1.82, 2.24) is 0 Å². The molecular formula is C15H22O. The molecule has 1 N–H and O–H groups in total. The van der Waals surface area contributed by atoms with Crippen molar-refractivity contribution < 1.29 is 5.11 Å². The highest BCUT2D eigenvalue weighted by Crippen LogP contribution is 2.48. The maximum atomic E-state index is 9.33. The lowest BCUT2D eigenvalue weighted by Gasteiger charge is -2.42. The topological polar surface area (TPSA) is 20.2 Å². The lowest BCUT2D eigenvalue weighted by atomic mass is 9.63. The van der Waals surface area contributed by atoms with Gasteiger partial charge < -0.3 is 5.11 Å². The molecule has 1 nitrogen and oxygen atoms in total. The average Bonchev–Trinajstić information content (AvgIpc) is 2.18. The van der Waals surface area contributed by atoms with Crippen LogP contribution in [-0.2, 0) is 0 Å². The summed E-state index contributed by atoms with van der Waals surface area (Å²) in [4.78, 5) is 0. The Morgan fingerprint density at radius 2 is 1.75 bits per heavy atom. The van der Waals surface area contributed by atoms with Gasteiger partial charge in [-0.15, -0.1) is 0 Å². The standard InChI is InChI=1S/C15H22O/c1-11-4-9-14(15(2,3)10-11)12-5-7-13(16)8-6-12/h5-8,11,14,16H,4,9-10H2,1-3H3. The highest BCUT2D eigenvalue weighted by molar-refractivity contribution is 5.29. The monoisotopic (exact) mass is 218 g/mol. The van der Waals surface area contributed by atoms with Crippen LogP contribution in [0.5, 0.6) is 5.75 Å². The molecule has 2 atom stereocenters. The zero-order valence-corrected chi connectivity index (χ0v) is 10.5. The minimum Gasteiger partial charge on any atom is -0.508 e. The third-order valence-electron chi connectivity index (χ3n) is 4.06. The van der Waals surface area contributed by atoms with Crippen molar-refractivity contribution >= 4 is 0 Å². The van der Waals surface area contributed by atoms with Crippen LogP contribution in [0.4, 0.5) is 0 Å². The normalized spacial score (nSPS) is 28.9. The van der Waals surface area contributed by atoms with E-state index in [1.807, 2.05) is 12.1 Å². The van der Waals surface area contributed by atoms with E-state index in [1.165, 1.54) is 24.8 Å². The van der Waals surface area contributed by atoms with E-state index < -0.39 is 0 Å². The Balaban J connectivity index is 2.23. The van der Waals surface area contributed by atoms with Crippen LogP contribution >= 0.6 is 0 Å². The molecule has 1 aromatic carbocycles. The third kappa shape index (κ3) is 2.23. The fourth-order valence-electron chi connectivity index (χ4n) is 3.31. The number of rotatable bonds is 1. The van der Waals surface area contributed by atoms with Gasteiger partial charge in [-0.2, -0.15) is 0 Å². The second-order valence-corrected chi connectivity index (χ2v) is 6.02. The Morgan fingerprint density at radius 1 is 1.12 bits per heavy atom. The Labute approximate surface area is 98.5 Å². The van der Waals surface area contributed by atoms with Crippen LogP contribution in [0.2, 0.25) is 0 Å². The molecule has 1 heteroatoms. The van der Waals surface area contributed by atoms with Crippen molar-refractivity contribution in [1.29, 1.82) is 0 Å². The number of aromatic hydroxyl groups is 1. The SMILES string of the molecule is CC1CCC(c2ccc(O)cc2)C(C)(C)C1. The second-order valence-electron chi connectivity index (χ2n) is 6.02. The van der Waals surface area contributed by atoms with Gasteiger partial charge in [0.15, 0.2) is 0 Å². The molecule has 0 bridgehead atoms. The molecule has 2 unspecified atom stereocenters. The van der Waals surface area contributed by atoms with Gasteiger partial charge in [0, 0.05) is 0 Å². The van der Waals surface area contributed by atoms with E-state index in [-0.39, 0.29) is 0 Å². The van der Waals surface area contributed by atoms with Crippen LogP contribution in [0, 0.1) is 11.3 Å². The minimum atomic E-state index is 0.366. The molecule has 16 heavy (non-hydrogen) atoms. The van der Waals surface area contributed by atoms with Crippen molar-refractivity contribution in [2.24, 2.45) is 11.3 Å². The first-order valence-electron chi connectivity index (χ1n) is 6.28. The summed E-state index contributed by atoms with van der Waals surface area (Å²) in [7, 11) is 0. The quantitative estimate of drug-likeness (QED) is 0.744. The number of phenolic OH excluding ortho intramolecular Hbond substituents is 1. The van der Waals surface area contributed by atoms with Gasteiger partial charge in [-0.05, 0) is 47.8 Å². The van der Waals surface area contributed by atoms with E-state index in [1.54, 1.807) is 0 Å². The second kappa shape index (κ2) is 4.12. The molecular weight excluding hydrogens is 196 g/mol. The largest absolute Gasteiger partial charge is 0.508 e. The fourth-order valence-corrected chi connectivity index (χ4v) is 3.31. The summed E-state index contributed by atoms with van der Waals surface area (Å²) in [5, 5.41) is 9.33. The Bertz CT molecular complexity index is 350. The van der Waals surface area contributed by atoms with Crippen molar-refractivity contribution in [2.75, 3.05) is 0 Å². The van der Waals surface area contributed by atoms with Crippen molar-refractivity contribution in [3.05, 3.63) is 29.8 Å². The van der Waals surface area contributed by atoms with E-state index in [0.717, 1.165) is 5.92 Å². The van der Waals surface area contributed by atoms with Crippen LogP contribution < -0.4 is 0 Å². The van der Waals surface area contributed by atoms with Crippen LogP contribution in [0.3, 0.4) is 0 Å². The molecule has 2 rings (SSSR count). The summed E-state index contributed by atoms with van der Waals surface area (Å²) < 4.78 is 0. The van der Waals surface area contributed by atoms with Crippen molar-refractivity contribution in [3.63, 3.8) is 0 Å². The molecule has 0 aromatic heterocycles. The maximum Gasteiger partial charge on any atom is 0.115 e. The van der Waals surface area contributed by atoms with Gasteiger partial charge in [-0.25, -0.2) is 0 Å². The van der Waals surface area contributed by atoms with Gasteiger partial charge in [0.05, 0.1) is 0 Å². The van der Waals surface area contributed by atoms with Gasteiger partial charge in [-0.1, -0.05) is 39.3 Å². The summed E-state index contributed by atoms with van der Waals surface area (Å²) in [6, 6.07) is 7.78. The van der Waals surface area contributed by atoms with Gasteiger partial charge in [0.1, 0.15) is 5.75 Å². The number of hydrogen-bond acceptors (Lipinski definition) is 1. The van der Waals surface area contributed by atoms with Crippen LogP contribution in [0.1, 0.15) is 51.5 Å². The summed E-state index contributed by atoms with van der Waals surface area (Å²) in [6.07, 6.45) is 3.91. The summed E-state index contributed by atoms with van der Waals surface area (Å²) in [5.41, 5.74) is 1.77. The van der Waals surface area contributed by atoms with E-state index in [4.69, 9.17) is 0 Å². The molecule has 0 spiro atoms. The number of phenols is 1. The summed E-state index contributed by atoms with van der Waals surface area (Å²) in [6.45, 7) is 7.11. The molecule has 0 aliphatic heterocycles. The third-order valence-corrected chi connectivity index (χ3v) is 4.06. The van der Waals surface area contributed by atoms with Crippen LogP contribution in [-0.4, -0.2) is 5.11 Å². The predicted molar refractivity (Wildman–Crippen MR) is 67.6 cm³/mol. The lowest BCUT2D eigenvalue weighted by Crippen LogP contribution is -2.29. The summed E-state index contributed by atoms with van der Waals surface area (Å²) in [5.74, 6) is 1.86.